The first-order valence-electron chi connectivity index (χ1n) is 8.24. The van der Waals surface area contributed by atoms with E-state index in [1.807, 2.05) is 0 Å². The van der Waals surface area contributed by atoms with E-state index in [2.05, 4.69) is 17.6 Å². The minimum absolute atomic E-state index is 0. The molecule has 4 heteroatoms. The molecule has 0 radical (unpaired) electrons. The van der Waals surface area contributed by atoms with Gasteiger partial charge in [-0.05, 0) is 75.3 Å². The van der Waals surface area contributed by atoms with Crippen LogP contribution in [0, 0.1) is 23.7 Å². The van der Waals surface area contributed by atoms with Gasteiger partial charge in [0.1, 0.15) is 0 Å². The molecule has 0 aromatic heterocycles. The highest BCUT2D eigenvalue weighted by molar-refractivity contribution is 5.85. The molecule has 2 saturated carbocycles. The maximum absolute atomic E-state index is 12.2. The van der Waals surface area contributed by atoms with Crippen molar-refractivity contribution in [2.24, 2.45) is 23.7 Å². The highest BCUT2D eigenvalue weighted by atomic mass is 35.5. The van der Waals surface area contributed by atoms with Gasteiger partial charge in [0.15, 0.2) is 0 Å². The van der Waals surface area contributed by atoms with E-state index in [4.69, 9.17) is 0 Å². The highest BCUT2D eigenvalue weighted by Gasteiger charge is 2.42. The van der Waals surface area contributed by atoms with Crippen LogP contribution < -0.4 is 10.6 Å². The first-order chi connectivity index (χ1) is 9.24. The predicted molar refractivity (Wildman–Crippen MR) is 84.0 cm³/mol. The fraction of sp³-hybridized carbons (Fsp3) is 0.938. The Morgan fingerprint density at radius 3 is 2.30 bits per heavy atom. The Balaban J connectivity index is 0.00000147. The summed E-state index contributed by atoms with van der Waals surface area (Å²) in [5.74, 6) is 3.14. The summed E-state index contributed by atoms with van der Waals surface area (Å²) in [6.45, 7) is 4.50. The smallest absolute Gasteiger partial charge is 0.220 e. The first-order valence-corrected chi connectivity index (χ1v) is 8.24. The standard InChI is InChI=1S/C16H28N2O.ClH/c1-11(14-3-2-8-17-10-14)9-15(19)18-16(12-4-5-12)13-6-7-13;/h11-14,16-17H,2-10H2,1H3,(H,18,19);1H. The molecule has 2 atom stereocenters. The molecular formula is C16H29ClN2O. The van der Waals surface area contributed by atoms with E-state index in [9.17, 15) is 4.79 Å². The van der Waals surface area contributed by atoms with Gasteiger partial charge in [-0.25, -0.2) is 0 Å². The van der Waals surface area contributed by atoms with Gasteiger partial charge in [0, 0.05) is 12.5 Å². The van der Waals surface area contributed by atoms with Crippen molar-refractivity contribution in [2.75, 3.05) is 13.1 Å². The lowest BCUT2D eigenvalue weighted by Crippen LogP contribution is -2.40. The first kappa shape index (κ1) is 16.1. The summed E-state index contributed by atoms with van der Waals surface area (Å²) in [5, 5.41) is 6.81. The summed E-state index contributed by atoms with van der Waals surface area (Å²) in [5.41, 5.74) is 0. The van der Waals surface area contributed by atoms with Crippen LogP contribution in [0.2, 0.25) is 0 Å². The predicted octanol–water partition coefficient (Wildman–Crippen LogP) is 2.74. The molecule has 3 aliphatic rings. The summed E-state index contributed by atoms with van der Waals surface area (Å²) >= 11 is 0. The van der Waals surface area contributed by atoms with Gasteiger partial charge >= 0.3 is 0 Å². The van der Waals surface area contributed by atoms with E-state index in [0.717, 1.165) is 31.3 Å². The Morgan fingerprint density at radius 2 is 1.80 bits per heavy atom. The Labute approximate surface area is 129 Å². The number of hydrogen-bond acceptors (Lipinski definition) is 2. The number of amides is 1. The molecule has 116 valence electrons. The van der Waals surface area contributed by atoms with Crippen LogP contribution >= 0.6 is 12.4 Å². The van der Waals surface area contributed by atoms with Crippen LogP contribution in [-0.4, -0.2) is 25.0 Å². The molecule has 1 saturated heterocycles. The summed E-state index contributed by atoms with van der Waals surface area (Å²) < 4.78 is 0. The molecule has 0 bridgehead atoms. The molecule has 1 heterocycles. The van der Waals surface area contributed by atoms with Crippen molar-refractivity contribution in [1.29, 1.82) is 0 Å². The van der Waals surface area contributed by atoms with Crippen molar-refractivity contribution in [1.82, 2.24) is 10.6 Å². The van der Waals surface area contributed by atoms with E-state index in [0.29, 0.717) is 23.8 Å². The van der Waals surface area contributed by atoms with Crippen molar-refractivity contribution >= 4 is 18.3 Å². The molecule has 0 aromatic carbocycles. The van der Waals surface area contributed by atoms with Crippen molar-refractivity contribution in [3.63, 3.8) is 0 Å². The normalized spacial score (nSPS) is 27.8. The molecule has 0 spiro atoms. The summed E-state index contributed by atoms with van der Waals surface area (Å²) in [6.07, 6.45) is 8.63. The second-order valence-electron chi connectivity index (χ2n) is 7.06. The van der Waals surface area contributed by atoms with Gasteiger partial charge in [0.2, 0.25) is 5.91 Å². The number of carbonyl (C=O) groups excluding carboxylic acids is 1. The summed E-state index contributed by atoms with van der Waals surface area (Å²) in [4.78, 5) is 12.2. The maximum atomic E-state index is 12.2. The SMILES string of the molecule is CC(CC(=O)NC(C1CC1)C1CC1)C1CCCNC1.Cl. The van der Waals surface area contributed by atoms with Gasteiger partial charge in [-0.3, -0.25) is 4.79 Å². The van der Waals surface area contributed by atoms with Gasteiger partial charge < -0.3 is 10.6 Å². The van der Waals surface area contributed by atoms with Crippen LogP contribution in [-0.2, 0) is 4.79 Å². The Bertz CT molecular complexity index is 310. The van der Waals surface area contributed by atoms with Crippen molar-refractivity contribution < 1.29 is 4.79 Å². The molecule has 2 N–H and O–H groups in total. The fourth-order valence-electron chi connectivity index (χ4n) is 3.60. The minimum Gasteiger partial charge on any atom is -0.353 e. The van der Waals surface area contributed by atoms with Gasteiger partial charge in [-0.1, -0.05) is 6.92 Å². The van der Waals surface area contributed by atoms with E-state index in [-0.39, 0.29) is 12.4 Å². The van der Waals surface area contributed by atoms with Crippen LogP contribution in [0.4, 0.5) is 0 Å². The number of nitrogens with one attached hydrogen (secondary N) is 2. The van der Waals surface area contributed by atoms with Crippen LogP contribution in [0.25, 0.3) is 0 Å². The van der Waals surface area contributed by atoms with Crippen molar-refractivity contribution in [2.45, 2.75) is 57.9 Å². The lowest BCUT2D eigenvalue weighted by Gasteiger charge is -2.28. The Kier molecular flexibility index (Phi) is 5.74. The molecule has 1 amide bonds. The third kappa shape index (κ3) is 4.36. The van der Waals surface area contributed by atoms with Gasteiger partial charge in [-0.2, -0.15) is 0 Å². The average Bonchev–Trinajstić information content (AvgIpc) is 3.30. The van der Waals surface area contributed by atoms with Crippen LogP contribution in [0.15, 0.2) is 0 Å². The maximum Gasteiger partial charge on any atom is 0.220 e. The number of halogens is 1. The Hall–Kier alpha value is -0.280. The van der Waals surface area contributed by atoms with E-state index < -0.39 is 0 Å². The molecule has 3 fully saturated rings. The van der Waals surface area contributed by atoms with Gasteiger partial charge in [0.05, 0.1) is 0 Å². The largest absolute Gasteiger partial charge is 0.353 e. The van der Waals surface area contributed by atoms with Crippen LogP contribution in [0.3, 0.4) is 0 Å². The third-order valence-electron chi connectivity index (χ3n) is 5.23. The second-order valence-corrected chi connectivity index (χ2v) is 7.06. The number of rotatable bonds is 6. The number of carbonyl (C=O) groups is 1. The molecule has 2 aliphatic carbocycles. The minimum atomic E-state index is 0. The zero-order valence-corrected chi connectivity index (χ0v) is 13.4. The average molecular weight is 301 g/mol. The van der Waals surface area contributed by atoms with Crippen molar-refractivity contribution in [3.8, 4) is 0 Å². The van der Waals surface area contributed by atoms with Crippen LogP contribution in [0.1, 0.15) is 51.9 Å². The van der Waals surface area contributed by atoms with E-state index in [1.165, 1.54) is 38.5 Å². The molecule has 3 rings (SSSR count). The zero-order valence-electron chi connectivity index (χ0n) is 12.6. The third-order valence-corrected chi connectivity index (χ3v) is 5.23. The lowest BCUT2D eigenvalue weighted by atomic mass is 9.85. The summed E-state index contributed by atoms with van der Waals surface area (Å²) in [6, 6.07) is 0.518. The molecule has 20 heavy (non-hydrogen) atoms. The highest BCUT2D eigenvalue weighted by Crippen LogP contribution is 2.44. The quantitative estimate of drug-likeness (QED) is 0.792. The Morgan fingerprint density at radius 1 is 1.15 bits per heavy atom. The van der Waals surface area contributed by atoms with Gasteiger partial charge in [0.25, 0.3) is 0 Å². The zero-order chi connectivity index (χ0) is 13.2. The number of piperidine rings is 1. The number of hydrogen-bond donors (Lipinski definition) is 2. The van der Waals surface area contributed by atoms with Crippen LogP contribution in [0.5, 0.6) is 0 Å². The van der Waals surface area contributed by atoms with Gasteiger partial charge in [-0.15, -0.1) is 12.4 Å². The molecule has 0 aromatic rings. The molecule has 2 unspecified atom stereocenters. The fourth-order valence-corrected chi connectivity index (χ4v) is 3.60. The molecule has 1 aliphatic heterocycles. The molecule has 3 nitrogen and oxygen atoms in total. The lowest BCUT2D eigenvalue weighted by molar-refractivity contribution is -0.123. The topological polar surface area (TPSA) is 41.1 Å². The van der Waals surface area contributed by atoms with E-state index in [1.54, 1.807) is 0 Å². The van der Waals surface area contributed by atoms with Crippen molar-refractivity contribution in [3.05, 3.63) is 0 Å². The monoisotopic (exact) mass is 300 g/mol. The van der Waals surface area contributed by atoms with E-state index >= 15 is 0 Å². The summed E-state index contributed by atoms with van der Waals surface area (Å²) in [7, 11) is 0. The molecular weight excluding hydrogens is 272 g/mol. The second kappa shape index (κ2) is 7.13.